The van der Waals surface area contributed by atoms with Crippen LogP contribution >= 0.6 is 0 Å². The molecule has 1 aromatic rings. The van der Waals surface area contributed by atoms with Crippen molar-refractivity contribution in [1.29, 1.82) is 0 Å². The van der Waals surface area contributed by atoms with Gasteiger partial charge in [0.15, 0.2) is 0 Å². The highest BCUT2D eigenvalue weighted by Crippen LogP contribution is 2.16. The Hall–Kier alpha value is -0.870. The number of hydrogen-bond donors (Lipinski definition) is 1. The fourth-order valence-corrected chi connectivity index (χ4v) is 2.89. The second-order valence-electron chi connectivity index (χ2n) is 5.82. The zero-order valence-corrected chi connectivity index (χ0v) is 13.9. The maximum atomic E-state index is 4.25. The first-order chi connectivity index (χ1) is 9.63. The number of rotatable bonds is 10. The molecule has 1 rings (SSSR count). The van der Waals surface area contributed by atoms with Crippen LogP contribution in [0.4, 0.5) is 0 Å². The standard InChI is InChI=1S/C16H32N4/c1-6-9-20-13-18-11-15(20)10-17-12-16(19(4)5)14(7-2)8-3/h11,13-14,16-17H,6-10,12H2,1-5H3. The molecule has 1 unspecified atom stereocenters. The molecule has 4 nitrogen and oxygen atoms in total. The third-order valence-corrected chi connectivity index (χ3v) is 4.18. The van der Waals surface area contributed by atoms with Crippen LogP contribution in [0, 0.1) is 5.92 Å². The van der Waals surface area contributed by atoms with Crippen LogP contribution in [0.3, 0.4) is 0 Å². The molecule has 0 aliphatic heterocycles. The highest BCUT2D eigenvalue weighted by atomic mass is 15.1. The molecule has 116 valence electrons. The lowest BCUT2D eigenvalue weighted by Gasteiger charge is -2.31. The lowest BCUT2D eigenvalue weighted by molar-refractivity contribution is 0.193. The Balaban J connectivity index is 2.49. The average Bonchev–Trinajstić information content (AvgIpc) is 2.86. The Morgan fingerprint density at radius 1 is 1.25 bits per heavy atom. The van der Waals surface area contributed by atoms with E-state index in [1.807, 2.05) is 12.5 Å². The molecule has 1 N–H and O–H groups in total. The number of likely N-dealkylation sites (N-methyl/N-ethyl adjacent to an activating group) is 1. The second-order valence-corrected chi connectivity index (χ2v) is 5.82. The highest BCUT2D eigenvalue weighted by molar-refractivity contribution is 4.98. The third kappa shape index (κ3) is 4.91. The molecule has 1 atom stereocenters. The van der Waals surface area contributed by atoms with Gasteiger partial charge in [0, 0.05) is 31.9 Å². The fraction of sp³-hybridized carbons (Fsp3) is 0.812. The van der Waals surface area contributed by atoms with E-state index in [1.54, 1.807) is 0 Å². The van der Waals surface area contributed by atoms with E-state index in [-0.39, 0.29) is 0 Å². The quantitative estimate of drug-likeness (QED) is 0.715. The summed E-state index contributed by atoms with van der Waals surface area (Å²) >= 11 is 0. The minimum absolute atomic E-state index is 0.604. The summed E-state index contributed by atoms with van der Waals surface area (Å²) in [7, 11) is 4.37. The highest BCUT2D eigenvalue weighted by Gasteiger charge is 2.20. The van der Waals surface area contributed by atoms with E-state index in [1.165, 1.54) is 18.5 Å². The van der Waals surface area contributed by atoms with E-state index in [4.69, 9.17) is 0 Å². The Kier molecular flexibility index (Phi) is 7.85. The smallest absolute Gasteiger partial charge is 0.0948 e. The van der Waals surface area contributed by atoms with Crippen LogP contribution in [0.2, 0.25) is 0 Å². The molecule has 0 bridgehead atoms. The van der Waals surface area contributed by atoms with E-state index < -0.39 is 0 Å². The van der Waals surface area contributed by atoms with Gasteiger partial charge < -0.3 is 14.8 Å². The van der Waals surface area contributed by atoms with Crippen molar-refractivity contribution in [3.05, 3.63) is 18.2 Å². The first-order valence-corrected chi connectivity index (χ1v) is 8.00. The van der Waals surface area contributed by atoms with Crippen LogP contribution in [0.25, 0.3) is 0 Å². The van der Waals surface area contributed by atoms with Crippen LogP contribution in [0.1, 0.15) is 45.7 Å². The maximum absolute atomic E-state index is 4.25. The number of aryl methyl sites for hydroxylation is 1. The number of hydrogen-bond acceptors (Lipinski definition) is 3. The van der Waals surface area contributed by atoms with Crippen molar-refractivity contribution >= 4 is 0 Å². The molecule has 20 heavy (non-hydrogen) atoms. The van der Waals surface area contributed by atoms with Gasteiger partial charge >= 0.3 is 0 Å². The largest absolute Gasteiger partial charge is 0.333 e. The van der Waals surface area contributed by atoms with Gasteiger partial charge in [-0.1, -0.05) is 33.6 Å². The van der Waals surface area contributed by atoms with Crippen molar-refractivity contribution in [2.75, 3.05) is 20.6 Å². The Labute approximate surface area is 124 Å². The number of nitrogens with zero attached hydrogens (tertiary/aromatic N) is 3. The summed E-state index contributed by atoms with van der Waals surface area (Å²) < 4.78 is 2.24. The van der Waals surface area contributed by atoms with Crippen molar-refractivity contribution in [2.45, 2.75) is 59.2 Å². The summed E-state index contributed by atoms with van der Waals surface area (Å²) in [4.78, 5) is 6.61. The van der Waals surface area contributed by atoms with Crippen molar-refractivity contribution in [2.24, 2.45) is 5.92 Å². The predicted molar refractivity (Wildman–Crippen MR) is 85.8 cm³/mol. The van der Waals surface area contributed by atoms with Crippen LogP contribution in [0.15, 0.2) is 12.5 Å². The summed E-state index contributed by atoms with van der Waals surface area (Å²) in [5, 5.41) is 3.61. The summed E-state index contributed by atoms with van der Waals surface area (Å²) in [5.74, 6) is 0.762. The monoisotopic (exact) mass is 280 g/mol. The predicted octanol–water partition coefficient (Wildman–Crippen LogP) is 2.75. The normalized spacial score (nSPS) is 13.3. The average molecular weight is 280 g/mol. The van der Waals surface area contributed by atoms with Crippen molar-refractivity contribution in [1.82, 2.24) is 19.8 Å². The fourth-order valence-electron chi connectivity index (χ4n) is 2.89. The first-order valence-electron chi connectivity index (χ1n) is 8.00. The van der Waals surface area contributed by atoms with Gasteiger partial charge in [-0.15, -0.1) is 0 Å². The molecule has 0 saturated heterocycles. The minimum atomic E-state index is 0.604. The van der Waals surface area contributed by atoms with Crippen molar-refractivity contribution < 1.29 is 0 Å². The molecule has 4 heteroatoms. The van der Waals surface area contributed by atoms with Crippen molar-refractivity contribution in [3.63, 3.8) is 0 Å². The van der Waals surface area contributed by atoms with E-state index in [0.717, 1.165) is 32.0 Å². The molecule has 1 aromatic heterocycles. The minimum Gasteiger partial charge on any atom is -0.333 e. The molecule has 0 fully saturated rings. The lowest BCUT2D eigenvalue weighted by atomic mass is 9.93. The van der Waals surface area contributed by atoms with Crippen LogP contribution in [-0.2, 0) is 13.1 Å². The molecule has 1 heterocycles. The molecular weight excluding hydrogens is 248 g/mol. The number of nitrogens with one attached hydrogen (secondary N) is 1. The van der Waals surface area contributed by atoms with Crippen molar-refractivity contribution in [3.8, 4) is 0 Å². The molecule has 0 aromatic carbocycles. The van der Waals surface area contributed by atoms with Crippen LogP contribution in [-0.4, -0.2) is 41.1 Å². The van der Waals surface area contributed by atoms with Gasteiger partial charge in [0.05, 0.1) is 12.0 Å². The molecule has 0 amide bonds. The van der Waals surface area contributed by atoms with Gasteiger partial charge in [0.25, 0.3) is 0 Å². The molecule has 0 aliphatic rings. The lowest BCUT2D eigenvalue weighted by Crippen LogP contribution is -2.43. The molecular formula is C16H32N4. The van der Waals surface area contributed by atoms with Crippen LogP contribution < -0.4 is 5.32 Å². The number of aromatic nitrogens is 2. The number of imidazole rings is 1. The molecule has 0 saturated carbocycles. The van der Waals surface area contributed by atoms with Gasteiger partial charge in [-0.25, -0.2) is 4.98 Å². The maximum Gasteiger partial charge on any atom is 0.0948 e. The first kappa shape index (κ1) is 17.2. The molecule has 0 aliphatic carbocycles. The van der Waals surface area contributed by atoms with Gasteiger partial charge in [-0.05, 0) is 26.4 Å². The van der Waals surface area contributed by atoms with E-state index in [2.05, 4.69) is 54.6 Å². The third-order valence-electron chi connectivity index (χ3n) is 4.18. The molecule has 0 radical (unpaired) electrons. The van der Waals surface area contributed by atoms with E-state index in [9.17, 15) is 0 Å². The zero-order chi connectivity index (χ0) is 15.0. The van der Waals surface area contributed by atoms with Gasteiger partial charge in [0.1, 0.15) is 0 Å². The van der Waals surface area contributed by atoms with Gasteiger partial charge in [-0.2, -0.15) is 0 Å². The van der Waals surface area contributed by atoms with Gasteiger partial charge in [-0.3, -0.25) is 0 Å². The summed E-state index contributed by atoms with van der Waals surface area (Å²) in [6.45, 7) is 9.79. The van der Waals surface area contributed by atoms with E-state index in [0.29, 0.717) is 6.04 Å². The Bertz CT molecular complexity index is 355. The topological polar surface area (TPSA) is 33.1 Å². The zero-order valence-electron chi connectivity index (χ0n) is 13.9. The summed E-state index contributed by atoms with van der Waals surface area (Å²) in [6, 6.07) is 0.604. The Morgan fingerprint density at radius 3 is 2.50 bits per heavy atom. The van der Waals surface area contributed by atoms with Crippen LogP contribution in [0.5, 0.6) is 0 Å². The van der Waals surface area contributed by atoms with E-state index >= 15 is 0 Å². The SMILES string of the molecule is CCCn1cncc1CNCC(C(CC)CC)N(C)C. The molecule has 0 spiro atoms. The van der Waals surface area contributed by atoms with Gasteiger partial charge in [0.2, 0.25) is 0 Å². The summed E-state index contributed by atoms with van der Waals surface area (Å²) in [5.41, 5.74) is 1.29. The Morgan fingerprint density at radius 2 is 1.95 bits per heavy atom. The second kappa shape index (κ2) is 9.14. The summed E-state index contributed by atoms with van der Waals surface area (Å²) in [6.07, 6.45) is 7.55.